The molecule has 19 heavy (non-hydrogen) atoms. The number of amides is 1. The lowest BCUT2D eigenvalue weighted by Crippen LogP contribution is -2.29. The maximum Gasteiger partial charge on any atom is 0.348 e. The molecule has 0 unspecified atom stereocenters. The van der Waals surface area contributed by atoms with Crippen molar-refractivity contribution in [3.05, 3.63) is 51.6 Å². The van der Waals surface area contributed by atoms with Gasteiger partial charge in [0.2, 0.25) is 0 Å². The minimum absolute atomic E-state index is 0.100. The van der Waals surface area contributed by atoms with Crippen LogP contribution in [-0.2, 0) is 6.54 Å². The summed E-state index contributed by atoms with van der Waals surface area (Å²) in [6.45, 7) is 3.79. The van der Waals surface area contributed by atoms with Crippen LogP contribution in [0.3, 0.4) is 0 Å². The minimum atomic E-state index is -0.516. The van der Waals surface area contributed by atoms with E-state index in [0.29, 0.717) is 11.5 Å². The monoisotopic (exact) mass is 262 g/mol. The largest absolute Gasteiger partial charge is 0.454 e. The molecule has 2 heterocycles. The molecule has 3 N–H and O–H groups in total. The predicted molar refractivity (Wildman–Crippen MR) is 67.4 cm³/mol. The van der Waals surface area contributed by atoms with Gasteiger partial charge in [-0.15, -0.1) is 0 Å². The van der Waals surface area contributed by atoms with Gasteiger partial charge in [0.1, 0.15) is 5.76 Å². The Labute approximate surface area is 109 Å². The van der Waals surface area contributed by atoms with Crippen molar-refractivity contribution in [2.75, 3.05) is 0 Å². The van der Waals surface area contributed by atoms with E-state index in [1.807, 2.05) is 12.3 Å². The second-order valence-corrected chi connectivity index (χ2v) is 4.15. The smallest absolute Gasteiger partial charge is 0.348 e. The van der Waals surface area contributed by atoms with Crippen molar-refractivity contribution in [3.8, 4) is 0 Å². The summed E-state index contributed by atoms with van der Waals surface area (Å²) in [6, 6.07) is 4.92. The third-order valence-corrected chi connectivity index (χ3v) is 2.68. The zero-order valence-corrected chi connectivity index (χ0v) is 10.6. The Hall–Kier alpha value is -2.41. The van der Waals surface area contributed by atoms with E-state index in [-0.39, 0.29) is 18.0 Å². The SMILES string of the molecule is Cc1cc(C)n(Cc2ccc(C(=O)NN)o2)c(=O)n1. The Morgan fingerprint density at radius 2 is 2.21 bits per heavy atom. The highest BCUT2D eigenvalue weighted by molar-refractivity contribution is 5.90. The van der Waals surface area contributed by atoms with Crippen LogP contribution in [0.25, 0.3) is 0 Å². The molecule has 0 fully saturated rings. The molecule has 0 saturated heterocycles. The van der Waals surface area contributed by atoms with Crippen LogP contribution in [0, 0.1) is 13.8 Å². The van der Waals surface area contributed by atoms with Gasteiger partial charge in [-0.2, -0.15) is 4.98 Å². The number of furan rings is 1. The van der Waals surface area contributed by atoms with Crippen LogP contribution in [0.1, 0.15) is 27.7 Å². The Balaban J connectivity index is 2.29. The van der Waals surface area contributed by atoms with Crippen LogP contribution < -0.4 is 17.0 Å². The normalized spacial score (nSPS) is 10.5. The van der Waals surface area contributed by atoms with E-state index in [1.165, 1.54) is 10.6 Å². The molecule has 0 radical (unpaired) electrons. The third kappa shape index (κ3) is 2.71. The molecule has 100 valence electrons. The van der Waals surface area contributed by atoms with Crippen LogP contribution in [0.4, 0.5) is 0 Å². The molecule has 7 heteroatoms. The Morgan fingerprint density at radius 3 is 2.84 bits per heavy atom. The molecule has 0 bridgehead atoms. The highest BCUT2D eigenvalue weighted by atomic mass is 16.4. The number of rotatable bonds is 3. The fourth-order valence-electron chi connectivity index (χ4n) is 1.78. The van der Waals surface area contributed by atoms with Gasteiger partial charge >= 0.3 is 11.6 Å². The summed E-state index contributed by atoms with van der Waals surface area (Å²) < 4.78 is 6.77. The van der Waals surface area contributed by atoms with E-state index < -0.39 is 5.91 Å². The number of aromatic nitrogens is 2. The van der Waals surface area contributed by atoms with E-state index in [1.54, 1.807) is 19.1 Å². The summed E-state index contributed by atoms with van der Waals surface area (Å²) in [6.07, 6.45) is 0. The first-order valence-corrected chi connectivity index (χ1v) is 5.66. The van der Waals surface area contributed by atoms with Gasteiger partial charge < -0.3 is 4.42 Å². The number of nitrogens with zero attached hydrogens (tertiary/aromatic N) is 2. The molecule has 0 aliphatic carbocycles. The first kappa shape index (κ1) is 13.0. The van der Waals surface area contributed by atoms with E-state index >= 15 is 0 Å². The zero-order valence-electron chi connectivity index (χ0n) is 10.6. The number of nitrogens with one attached hydrogen (secondary N) is 1. The van der Waals surface area contributed by atoms with Gasteiger partial charge in [-0.3, -0.25) is 14.8 Å². The van der Waals surface area contributed by atoms with E-state index in [2.05, 4.69) is 4.98 Å². The first-order chi connectivity index (χ1) is 9.01. The zero-order chi connectivity index (χ0) is 14.0. The van der Waals surface area contributed by atoms with Gasteiger partial charge in [0.05, 0.1) is 6.54 Å². The van der Waals surface area contributed by atoms with E-state index in [0.717, 1.165) is 5.69 Å². The van der Waals surface area contributed by atoms with Crippen molar-refractivity contribution in [2.24, 2.45) is 5.84 Å². The third-order valence-electron chi connectivity index (χ3n) is 2.68. The Bertz CT molecular complexity index is 672. The highest BCUT2D eigenvalue weighted by Crippen LogP contribution is 2.09. The molecule has 2 aromatic rings. The summed E-state index contributed by atoms with van der Waals surface area (Å²) in [7, 11) is 0. The average molecular weight is 262 g/mol. The van der Waals surface area contributed by atoms with Gasteiger partial charge in [0, 0.05) is 11.4 Å². The number of hydrogen-bond donors (Lipinski definition) is 2. The summed E-state index contributed by atoms with van der Waals surface area (Å²) in [5.74, 6) is 5.07. The topological polar surface area (TPSA) is 103 Å². The molecular weight excluding hydrogens is 248 g/mol. The first-order valence-electron chi connectivity index (χ1n) is 5.66. The summed E-state index contributed by atoms with van der Waals surface area (Å²) in [5.41, 5.74) is 3.07. The van der Waals surface area contributed by atoms with Gasteiger partial charge in [0.25, 0.3) is 0 Å². The van der Waals surface area contributed by atoms with Crippen LogP contribution in [-0.4, -0.2) is 15.5 Å². The molecule has 0 saturated carbocycles. The quantitative estimate of drug-likeness (QED) is 0.464. The van der Waals surface area contributed by atoms with Crippen molar-refractivity contribution in [1.29, 1.82) is 0 Å². The fourth-order valence-corrected chi connectivity index (χ4v) is 1.78. The van der Waals surface area contributed by atoms with Crippen molar-refractivity contribution < 1.29 is 9.21 Å². The second kappa shape index (κ2) is 5.07. The fraction of sp³-hybridized carbons (Fsp3) is 0.250. The summed E-state index contributed by atoms with van der Waals surface area (Å²) >= 11 is 0. The number of aryl methyl sites for hydroxylation is 2. The molecular formula is C12H14N4O3. The van der Waals surface area contributed by atoms with Crippen LogP contribution >= 0.6 is 0 Å². The lowest BCUT2D eigenvalue weighted by Gasteiger charge is -2.07. The van der Waals surface area contributed by atoms with Gasteiger partial charge in [-0.25, -0.2) is 10.6 Å². The van der Waals surface area contributed by atoms with Crippen molar-refractivity contribution >= 4 is 5.91 Å². The van der Waals surface area contributed by atoms with Crippen molar-refractivity contribution in [3.63, 3.8) is 0 Å². The number of carbonyl (C=O) groups excluding carboxylic acids is 1. The molecule has 0 atom stereocenters. The Kier molecular flexibility index (Phi) is 3.48. The summed E-state index contributed by atoms with van der Waals surface area (Å²) in [4.78, 5) is 26.9. The number of hydrogen-bond acceptors (Lipinski definition) is 5. The number of carbonyl (C=O) groups is 1. The molecule has 2 rings (SSSR count). The van der Waals surface area contributed by atoms with Gasteiger partial charge in [-0.1, -0.05) is 0 Å². The minimum Gasteiger partial charge on any atom is -0.454 e. The number of hydrazine groups is 1. The lowest BCUT2D eigenvalue weighted by atomic mass is 10.3. The highest BCUT2D eigenvalue weighted by Gasteiger charge is 2.11. The molecule has 0 aromatic carbocycles. The lowest BCUT2D eigenvalue weighted by molar-refractivity contribution is 0.0924. The van der Waals surface area contributed by atoms with E-state index in [4.69, 9.17) is 10.3 Å². The molecule has 0 spiro atoms. The predicted octanol–water partition coefficient (Wildman–Crippen LogP) is 0.105. The van der Waals surface area contributed by atoms with Crippen LogP contribution in [0.5, 0.6) is 0 Å². The number of nitrogens with two attached hydrogens (primary N) is 1. The van der Waals surface area contributed by atoms with E-state index in [9.17, 15) is 9.59 Å². The van der Waals surface area contributed by atoms with Gasteiger partial charge in [0.15, 0.2) is 5.76 Å². The molecule has 7 nitrogen and oxygen atoms in total. The van der Waals surface area contributed by atoms with Crippen molar-refractivity contribution in [1.82, 2.24) is 15.0 Å². The van der Waals surface area contributed by atoms with Crippen molar-refractivity contribution in [2.45, 2.75) is 20.4 Å². The maximum atomic E-state index is 11.8. The average Bonchev–Trinajstić information content (AvgIpc) is 2.81. The second-order valence-electron chi connectivity index (χ2n) is 4.15. The van der Waals surface area contributed by atoms with Crippen LogP contribution in [0.2, 0.25) is 0 Å². The number of nitrogen functional groups attached to an aromatic ring is 1. The standard InChI is InChI=1S/C12H14N4O3/c1-7-5-8(2)16(12(18)14-7)6-9-3-4-10(19-9)11(17)15-13/h3-5H,6,13H2,1-2H3,(H,15,17). The van der Waals surface area contributed by atoms with Gasteiger partial charge in [-0.05, 0) is 32.0 Å². The molecule has 1 amide bonds. The maximum absolute atomic E-state index is 11.8. The molecule has 2 aromatic heterocycles. The summed E-state index contributed by atoms with van der Waals surface area (Å²) in [5, 5.41) is 0. The Morgan fingerprint density at radius 1 is 1.47 bits per heavy atom. The molecule has 0 aliphatic heterocycles. The molecule has 0 aliphatic rings. The van der Waals surface area contributed by atoms with Crippen LogP contribution in [0.15, 0.2) is 27.4 Å².